The second-order valence-corrected chi connectivity index (χ2v) is 15.0. The fourth-order valence-electron chi connectivity index (χ4n) is 6.85. The van der Waals surface area contributed by atoms with E-state index in [0.29, 0.717) is 38.8 Å². The average Bonchev–Trinajstić information content (AvgIpc) is 3.82. The van der Waals surface area contributed by atoms with Crippen LogP contribution in [0.25, 0.3) is 11.3 Å². The number of pyridine rings is 1. The summed E-state index contributed by atoms with van der Waals surface area (Å²) in [5.74, 6) is -2.53. The predicted molar refractivity (Wildman–Crippen MR) is 230 cm³/mol. The number of nitrogens with zero attached hydrogens (tertiary/aromatic N) is 5. The van der Waals surface area contributed by atoms with Crippen LogP contribution in [0, 0.1) is 11.8 Å². The van der Waals surface area contributed by atoms with Gasteiger partial charge in [0.1, 0.15) is 24.1 Å². The predicted octanol–water partition coefficient (Wildman–Crippen LogP) is 5.97. The fourth-order valence-corrected chi connectivity index (χ4v) is 6.85. The molecule has 0 bridgehead atoms. The first kappa shape index (κ1) is 55.2. The second kappa shape index (κ2) is 27.9. The summed E-state index contributed by atoms with van der Waals surface area (Å²) in [5, 5.41) is 27.1. The lowest BCUT2D eigenvalue weighted by atomic mass is 9.81. The Morgan fingerprint density at radius 1 is 0.983 bits per heavy atom. The molecule has 0 radical (unpaired) electrons. The number of carbonyl (C=O) groups is 4. The van der Waals surface area contributed by atoms with Gasteiger partial charge in [-0.2, -0.15) is 0 Å². The number of ketones is 2. The molecule has 0 aliphatic carbocycles. The number of imidazole rings is 1. The molecule has 0 saturated carbocycles. The Bertz CT molecular complexity index is 1510. The molecular formula is C44H77N5O10. The van der Waals surface area contributed by atoms with Gasteiger partial charge in [0.25, 0.3) is 0 Å². The van der Waals surface area contributed by atoms with Crippen LogP contribution in [0.5, 0.6) is 0 Å². The molecule has 2 aromatic rings. The number of carbonyl (C=O) groups excluding carboxylic acids is 4. The van der Waals surface area contributed by atoms with E-state index in [-0.39, 0.29) is 43.7 Å². The van der Waals surface area contributed by atoms with Crippen LogP contribution in [-0.2, 0) is 35.1 Å². The van der Waals surface area contributed by atoms with Gasteiger partial charge in [-0.1, -0.05) is 48.5 Å². The number of hydrogen-bond acceptors (Lipinski definition) is 13. The maximum Gasteiger partial charge on any atom is 0.410 e. The second-order valence-electron chi connectivity index (χ2n) is 15.0. The molecule has 0 aromatic carbocycles. The third-order valence-corrected chi connectivity index (χ3v) is 10.4. The molecule has 2 aliphatic heterocycles. The zero-order valence-electron chi connectivity index (χ0n) is 38.4. The van der Waals surface area contributed by atoms with E-state index in [1.54, 1.807) is 56.4 Å². The maximum absolute atomic E-state index is 13.5. The summed E-state index contributed by atoms with van der Waals surface area (Å²) in [5.41, 5.74) is -0.258. The van der Waals surface area contributed by atoms with Gasteiger partial charge in [-0.25, -0.2) is 9.78 Å². The topological polar surface area (TPSA) is 194 Å². The minimum absolute atomic E-state index is 0.0494. The number of fused-ring (bicyclic) bond motifs is 1. The summed E-state index contributed by atoms with van der Waals surface area (Å²) >= 11 is 0. The van der Waals surface area contributed by atoms with Crippen LogP contribution in [0.3, 0.4) is 0 Å². The molecule has 5 unspecified atom stereocenters. The van der Waals surface area contributed by atoms with Crippen molar-refractivity contribution in [3.8, 4) is 11.3 Å². The molecule has 2 saturated heterocycles. The number of cyclic esters (lactones) is 1. The Balaban J connectivity index is 0.00000158. The lowest BCUT2D eigenvalue weighted by molar-refractivity contribution is -0.158. The van der Waals surface area contributed by atoms with Crippen molar-refractivity contribution in [3.05, 3.63) is 37.1 Å². The van der Waals surface area contributed by atoms with Crippen molar-refractivity contribution >= 4 is 23.6 Å². The van der Waals surface area contributed by atoms with E-state index in [4.69, 9.17) is 24.4 Å². The number of Topliss-reactive ketones (excluding diaryl/α,β-unsaturated/α-hetero) is 2. The molecule has 338 valence electrons. The van der Waals surface area contributed by atoms with Crippen LogP contribution in [0.2, 0.25) is 0 Å². The largest absolute Gasteiger partial charge is 0.461 e. The van der Waals surface area contributed by atoms with Gasteiger partial charge in [0.2, 0.25) is 0 Å². The van der Waals surface area contributed by atoms with Crippen LogP contribution in [-0.4, -0.2) is 140 Å². The minimum Gasteiger partial charge on any atom is -0.461 e. The van der Waals surface area contributed by atoms with E-state index >= 15 is 0 Å². The maximum atomic E-state index is 13.5. The molecule has 4 rings (SSSR count). The summed E-state index contributed by atoms with van der Waals surface area (Å²) in [6.07, 6.45) is 7.50. The highest BCUT2D eigenvalue weighted by Crippen LogP contribution is 2.37. The SMILES string of the molecule is CC.CC.CC.CC(O)CC(C(O)CO)N(C)C.CO[C@@]1(C)CCC(=O)C(C)C(=O)OC[C@@]2(C)OC(=O)N(CCCn3cnc(-c4cccnc4)c3)[C@@H]2C(C)C(=O)CC1. The number of aromatic nitrogens is 3. The molecule has 15 nitrogen and oxygen atoms in total. The van der Waals surface area contributed by atoms with E-state index in [0.717, 1.165) is 11.3 Å². The normalized spacial score (nSPS) is 25.1. The van der Waals surface area contributed by atoms with E-state index in [9.17, 15) is 24.3 Å². The van der Waals surface area contributed by atoms with Gasteiger partial charge in [-0.05, 0) is 79.6 Å². The Morgan fingerprint density at radius 3 is 2.12 bits per heavy atom. The lowest BCUT2D eigenvalue weighted by Gasteiger charge is -2.36. The van der Waals surface area contributed by atoms with Gasteiger partial charge in [0.05, 0.1) is 42.5 Å². The molecule has 8 atom stereocenters. The van der Waals surface area contributed by atoms with Crippen LogP contribution in [0.4, 0.5) is 4.79 Å². The number of methoxy groups -OCH3 is 1. The molecule has 2 aliphatic rings. The average molecular weight is 836 g/mol. The van der Waals surface area contributed by atoms with Crippen LogP contribution < -0.4 is 0 Å². The van der Waals surface area contributed by atoms with E-state index in [1.807, 2.05) is 85.5 Å². The monoisotopic (exact) mass is 836 g/mol. The number of aliphatic hydroxyl groups excluding tert-OH is 3. The van der Waals surface area contributed by atoms with E-state index in [2.05, 4.69) is 9.97 Å². The molecule has 4 heterocycles. The lowest BCUT2D eigenvalue weighted by Crippen LogP contribution is -2.53. The summed E-state index contributed by atoms with van der Waals surface area (Å²) in [4.78, 5) is 64.1. The van der Waals surface area contributed by atoms with Crippen molar-refractivity contribution in [2.45, 2.75) is 157 Å². The number of esters is 1. The highest BCUT2D eigenvalue weighted by Gasteiger charge is 2.55. The van der Waals surface area contributed by atoms with Crippen molar-refractivity contribution in [1.29, 1.82) is 0 Å². The third kappa shape index (κ3) is 17.0. The van der Waals surface area contributed by atoms with Gasteiger partial charge in [-0.3, -0.25) is 19.4 Å². The number of hydrogen-bond donors (Lipinski definition) is 3. The van der Waals surface area contributed by atoms with Crippen molar-refractivity contribution < 1.29 is 48.7 Å². The summed E-state index contributed by atoms with van der Waals surface area (Å²) < 4.78 is 19.0. The van der Waals surface area contributed by atoms with Gasteiger partial charge < -0.3 is 43.9 Å². The molecule has 3 N–H and O–H groups in total. The van der Waals surface area contributed by atoms with Crippen molar-refractivity contribution in [1.82, 2.24) is 24.3 Å². The van der Waals surface area contributed by atoms with E-state index in [1.165, 1.54) is 6.92 Å². The first-order valence-electron chi connectivity index (χ1n) is 21.3. The zero-order valence-corrected chi connectivity index (χ0v) is 38.4. The molecule has 1 amide bonds. The van der Waals surface area contributed by atoms with Crippen molar-refractivity contribution in [2.75, 3.05) is 41.0 Å². The molecule has 2 fully saturated rings. The molecular weight excluding hydrogens is 759 g/mol. The van der Waals surface area contributed by atoms with Gasteiger partial charge in [0.15, 0.2) is 5.60 Å². The van der Waals surface area contributed by atoms with Gasteiger partial charge in [0, 0.05) is 69.2 Å². The summed E-state index contributed by atoms with van der Waals surface area (Å²) in [7, 11) is 5.18. The summed E-state index contributed by atoms with van der Waals surface area (Å²) in [6.45, 7) is 20.9. The zero-order chi connectivity index (χ0) is 45.5. The number of likely N-dealkylation sites (N-methyl/N-ethyl adjacent to an activating group) is 1. The quantitative estimate of drug-likeness (QED) is 0.177. The Labute approximate surface area is 353 Å². The Kier molecular flexibility index (Phi) is 26.1. The number of aryl methyl sites for hydroxylation is 1. The molecule has 15 heteroatoms. The van der Waals surface area contributed by atoms with Crippen LogP contribution in [0.15, 0.2) is 37.1 Å². The van der Waals surface area contributed by atoms with Crippen LogP contribution >= 0.6 is 0 Å². The number of aliphatic hydroxyl groups is 3. The highest BCUT2D eigenvalue weighted by atomic mass is 16.6. The highest BCUT2D eigenvalue weighted by molar-refractivity contribution is 5.98. The van der Waals surface area contributed by atoms with Crippen molar-refractivity contribution in [2.24, 2.45) is 11.8 Å². The number of ether oxygens (including phenoxy) is 3. The first-order valence-corrected chi connectivity index (χ1v) is 21.3. The number of amides is 1. The van der Waals surface area contributed by atoms with E-state index < -0.39 is 53.4 Å². The number of rotatable bonds is 11. The van der Waals surface area contributed by atoms with Gasteiger partial charge in [-0.15, -0.1) is 0 Å². The summed E-state index contributed by atoms with van der Waals surface area (Å²) in [6, 6.07) is 2.94. The minimum atomic E-state index is -1.26. The molecule has 2 aromatic heterocycles. The smallest absolute Gasteiger partial charge is 0.410 e. The molecule has 0 spiro atoms. The Morgan fingerprint density at radius 2 is 1.59 bits per heavy atom. The standard InChI is InChI=1S/C30H40N4O7.C8H19NO3.3C2H6/c1-20-24(35)9-11-29(3,39-5)12-10-25(36)21(2)27(37)40-18-30(4)26(20)34(28(38)41-30)15-7-14-33-17-23(32-19-33)22-8-6-13-31-16-22;1-6(11)4-7(9(2)3)8(12)5-10;3*1-2/h6,8,13,16-17,19-21,26H,7,9-12,14-15,18H2,1-5H3;6-8,10-12H,4-5H2,1-3H3;3*1-2H3/t20?,21?,26-,29-,30-;;;;/m1..../s1. The first-order chi connectivity index (χ1) is 27.9. The fraction of sp³-hybridized carbons (Fsp3) is 0.727. The van der Waals surface area contributed by atoms with Crippen molar-refractivity contribution in [3.63, 3.8) is 0 Å². The third-order valence-electron chi connectivity index (χ3n) is 10.4. The Hall–Kier alpha value is -3.76. The van der Waals surface area contributed by atoms with Gasteiger partial charge >= 0.3 is 12.1 Å². The van der Waals surface area contributed by atoms with Crippen LogP contribution in [0.1, 0.15) is 115 Å². The molecule has 59 heavy (non-hydrogen) atoms.